The molecule has 0 aromatic carbocycles. The molecule has 0 spiro atoms. The van der Waals surface area contributed by atoms with Crippen LogP contribution in [-0.4, -0.2) is 42.4 Å². The van der Waals surface area contributed by atoms with Crippen LogP contribution in [0.5, 0.6) is 0 Å². The van der Waals surface area contributed by atoms with E-state index in [2.05, 4.69) is 27.7 Å². The first kappa shape index (κ1) is 29.7. The Morgan fingerprint density at radius 1 is 0.567 bits per heavy atom. The van der Waals surface area contributed by atoms with Gasteiger partial charge in [0.15, 0.2) is 0 Å². The monoisotopic (exact) mass is 443 g/mol. The van der Waals surface area contributed by atoms with Crippen LogP contribution in [0, 0.1) is 0 Å². The zero-order valence-electron chi connectivity index (χ0n) is 21.1. The molecule has 30 heavy (non-hydrogen) atoms. The second-order valence-corrected chi connectivity index (χ2v) is 12.6. The summed E-state index contributed by atoms with van der Waals surface area (Å²) in [4.78, 5) is 15.1. The normalized spacial score (nSPS) is 11.7. The molecule has 0 saturated carbocycles. The van der Waals surface area contributed by atoms with Crippen LogP contribution in [0.4, 0.5) is 0 Å². The molecule has 0 aliphatic rings. The average Bonchev–Trinajstić information content (AvgIpc) is 2.73. The molecule has 0 aliphatic heterocycles. The fourth-order valence-corrected chi connectivity index (χ4v) is 6.87. The number of carbonyl (C=O) groups is 1. The van der Waals surface area contributed by atoms with E-state index in [0.717, 1.165) is 63.9 Å². The molecule has 1 amide bonds. The van der Waals surface area contributed by atoms with Gasteiger partial charge in [-0.15, -0.1) is 0 Å². The van der Waals surface area contributed by atoms with Crippen molar-refractivity contribution in [1.82, 2.24) is 4.90 Å². The predicted molar refractivity (Wildman–Crippen MR) is 135 cm³/mol. The highest BCUT2D eigenvalue weighted by atomic mass is 31.2. The van der Waals surface area contributed by atoms with Crippen LogP contribution in [0.2, 0.25) is 0 Å². The first-order valence-corrected chi connectivity index (χ1v) is 15.6. The molecule has 3 nitrogen and oxygen atoms in total. The summed E-state index contributed by atoms with van der Waals surface area (Å²) in [6.07, 6.45) is 20.8. The molecule has 0 atom stereocenters. The van der Waals surface area contributed by atoms with Gasteiger partial charge in [-0.25, -0.2) is 0 Å². The van der Waals surface area contributed by atoms with Crippen LogP contribution in [0.3, 0.4) is 0 Å². The second-order valence-electron chi connectivity index (χ2n) is 9.29. The molecule has 0 aromatic rings. The van der Waals surface area contributed by atoms with Crippen molar-refractivity contribution >= 4 is 13.0 Å². The van der Waals surface area contributed by atoms with Crippen LogP contribution >= 0.6 is 7.14 Å². The number of nitrogens with zero attached hydrogens (tertiary/aromatic N) is 1. The highest BCUT2D eigenvalue weighted by molar-refractivity contribution is 7.64. The van der Waals surface area contributed by atoms with E-state index in [1.807, 2.05) is 4.90 Å². The van der Waals surface area contributed by atoms with Crippen LogP contribution < -0.4 is 0 Å². The van der Waals surface area contributed by atoms with Crippen molar-refractivity contribution in [3.63, 3.8) is 0 Å². The third-order valence-corrected chi connectivity index (χ3v) is 9.29. The van der Waals surface area contributed by atoms with E-state index in [-0.39, 0.29) is 5.91 Å². The van der Waals surface area contributed by atoms with Gasteiger partial charge < -0.3 is 9.46 Å². The molecular formula is C26H54NO2P. The highest BCUT2D eigenvalue weighted by Gasteiger charge is 2.27. The zero-order valence-corrected chi connectivity index (χ0v) is 22.0. The molecule has 0 aliphatic carbocycles. The lowest BCUT2D eigenvalue weighted by molar-refractivity contribution is -0.128. The van der Waals surface area contributed by atoms with E-state index in [1.165, 1.54) is 64.2 Å². The van der Waals surface area contributed by atoms with Crippen molar-refractivity contribution in [3.05, 3.63) is 0 Å². The first-order chi connectivity index (χ1) is 14.5. The van der Waals surface area contributed by atoms with Gasteiger partial charge in [0, 0.05) is 25.4 Å². The predicted octanol–water partition coefficient (Wildman–Crippen LogP) is 8.50. The summed E-state index contributed by atoms with van der Waals surface area (Å²) in [5.41, 5.74) is 0. The Labute approximate surface area is 189 Å². The van der Waals surface area contributed by atoms with Gasteiger partial charge in [0.05, 0.1) is 13.3 Å². The summed E-state index contributed by atoms with van der Waals surface area (Å²) in [5.74, 6) is 0.164. The fraction of sp³-hybridized carbons (Fsp3) is 0.962. The van der Waals surface area contributed by atoms with Gasteiger partial charge in [0.25, 0.3) is 0 Å². The standard InChI is InChI=1S/C26H54NO2P/c1-5-9-13-15-17-19-23-30(29,24-20-18-16-14-10-6-2)25-26(28)27(21-11-7-3)22-12-8-4/h5-25H2,1-4H3. The van der Waals surface area contributed by atoms with Crippen molar-refractivity contribution in [2.75, 3.05) is 31.6 Å². The first-order valence-electron chi connectivity index (χ1n) is 13.4. The summed E-state index contributed by atoms with van der Waals surface area (Å²) in [6.45, 7) is 10.5. The van der Waals surface area contributed by atoms with Gasteiger partial charge in [-0.3, -0.25) is 4.79 Å². The molecule has 0 fully saturated rings. The van der Waals surface area contributed by atoms with Crippen LogP contribution in [0.1, 0.15) is 130 Å². The van der Waals surface area contributed by atoms with Crippen molar-refractivity contribution in [2.45, 2.75) is 130 Å². The lowest BCUT2D eigenvalue weighted by Gasteiger charge is -2.26. The van der Waals surface area contributed by atoms with Crippen molar-refractivity contribution in [2.24, 2.45) is 0 Å². The minimum absolute atomic E-state index is 0.164. The minimum Gasteiger partial charge on any atom is -0.342 e. The largest absolute Gasteiger partial charge is 0.342 e. The Bertz CT molecular complexity index is 411. The minimum atomic E-state index is -2.40. The number of amides is 1. The van der Waals surface area contributed by atoms with Crippen LogP contribution in [-0.2, 0) is 9.36 Å². The van der Waals surface area contributed by atoms with E-state index < -0.39 is 7.14 Å². The smallest absolute Gasteiger partial charge is 0.229 e. The Kier molecular flexibility index (Phi) is 20.4. The summed E-state index contributed by atoms with van der Waals surface area (Å²) < 4.78 is 13.8. The summed E-state index contributed by atoms with van der Waals surface area (Å²) >= 11 is 0. The summed E-state index contributed by atoms with van der Waals surface area (Å²) in [5, 5.41) is 0. The molecule has 0 aromatic heterocycles. The number of unbranched alkanes of at least 4 members (excludes halogenated alkanes) is 12. The maximum atomic E-state index is 13.8. The summed E-state index contributed by atoms with van der Waals surface area (Å²) in [7, 11) is -2.40. The van der Waals surface area contributed by atoms with Gasteiger partial charge in [-0.05, 0) is 25.7 Å². The van der Waals surface area contributed by atoms with Gasteiger partial charge in [0.1, 0.15) is 0 Å². The van der Waals surface area contributed by atoms with Crippen molar-refractivity contribution < 1.29 is 9.36 Å². The number of hydrogen-bond donors (Lipinski definition) is 0. The molecular weight excluding hydrogens is 389 g/mol. The van der Waals surface area contributed by atoms with E-state index >= 15 is 0 Å². The van der Waals surface area contributed by atoms with Crippen LogP contribution in [0.25, 0.3) is 0 Å². The quantitative estimate of drug-likeness (QED) is 0.124. The molecule has 0 saturated heterocycles. The highest BCUT2D eigenvalue weighted by Crippen LogP contribution is 2.47. The molecule has 0 unspecified atom stereocenters. The molecule has 0 rings (SSSR count). The Hall–Kier alpha value is -0.300. The van der Waals surface area contributed by atoms with Crippen molar-refractivity contribution in [3.8, 4) is 0 Å². The Morgan fingerprint density at radius 2 is 0.933 bits per heavy atom. The lowest BCUT2D eigenvalue weighted by Crippen LogP contribution is -2.35. The molecule has 180 valence electrons. The topological polar surface area (TPSA) is 37.4 Å². The van der Waals surface area contributed by atoms with Crippen LogP contribution in [0.15, 0.2) is 0 Å². The maximum Gasteiger partial charge on any atom is 0.229 e. The van der Waals surface area contributed by atoms with E-state index in [1.54, 1.807) is 0 Å². The zero-order chi connectivity index (χ0) is 22.5. The van der Waals surface area contributed by atoms with Gasteiger partial charge in [-0.1, -0.05) is 105 Å². The van der Waals surface area contributed by atoms with Gasteiger partial charge in [0.2, 0.25) is 5.91 Å². The van der Waals surface area contributed by atoms with Gasteiger partial charge in [-0.2, -0.15) is 0 Å². The molecule has 4 heteroatoms. The fourth-order valence-electron chi connectivity index (χ4n) is 4.04. The van der Waals surface area contributed by atoms with Gasteiger partial charge >= 0.3 is 0 Å². The lowest BCUT2D eigenvalue weighted by atomic mass is 10.1. The number of hydrogen-bond acceptors (Lipinski definition) is 2. The van der Waals surface area contributed by atoms with E-state index in [4.69, 9.17) is 0 Å². The number of rotatable bonds is 22. The molecule has 0 bridgehead atoms. The van der Waals surface area contributed by atoms with Crippen molar-refractivity contribution in [1.29, 1.82) is 0 Å². The average molecular weight is 444 g/mol. The third kappa shape index (κ3) is 16.4. The molecule has 0 heterocycles. The maximum absolute atomic E-state index is 13.8. The SMILES string of the molecule is CCCCCCCCP(=O)(CCCCCCCC)CC(=O)N(CCCC)CCCC. The summed E-state index contributed by atoms with van der Waals surface area (Å²) in [6, 6.07) is 0. The molecule has 0 N–H and O–H groups in total. The van der Waals surface area contributed by atoms with E-state index in [0.29, 0.717) is 6.16 Å². The second kappa shape index (κ2) is 20.6. The van der Waals surface area contributed by atoms with E-state index in [9.17, 15) is 9.36 Å². The molecule has 0 radical (unpaired) electrons. The third-order valence-electron chi connectivity index (χ3n) is 6.18. The Balaban J connectivity index is 4.74. The Morgan fingerprint density at radius 3 is 1.33 bits per heavy atom. The number of carbonyl (C=O) groups excluding carboxylic acids is 1.